The van der Waals surface area contributed by atoms with Crippen molar-refractivity contribution in [2.45, 2.75) is 24.5 Å². The molecule has 0 bridgehead atoms. The van der Waals surface area contributed by atoms with Crippen LogP contribution in [0, 0.1) is 5.92 Å². The summed E-state index contributed by atoms with van der Waals surface area (Å²) in [4.78, 5) is 12.1. The van der Waals surface area contributed by atoms with E-state index in [-0.39, 0.29) is 5.91 Å². The van der Waals surface area contributed by atoms with Gasteiger partial charge < -0.3 is 14.5 Å². The van der Waals surface area contributed by atoms with E-state index < -0.39 is 0 Å². The van der Waals surface area contributed by atoms with Crippen LogP contribution < -0.4 is 10.1 Å². The molecular formula is C20H22N4O3S. The fraction of sp³-hybridized carbons (Fsp3) is 0.350. The van der Waals surface area contributed by atoms with Crippen molar-refractivity contribution in [3.05, 3.63) is 48.4 Å². The van der Waals surface area contributed by atoms with Crippen molar-refractivity contribution in [3.8, 4) is 17.1 Å². The van der Waals surface area contributed by atoms with Crippen LogP contribution in [0.5, 0.6) is 5.75 Å². The number of nitrogens with zero attached hydrogens (tertiary/aromatic N) is 3. The lowest BCUT2D eigenvalue weighted by Gasteiger charge is -2.10. The molecule has 146 valence electrons. The van der Waals surface area contributed by atoms with Gasteiger partial charge in [0, 0.05) is 12.1 Å². The van der Waals surface area contributed by atoms with Crippen LogP contribution in [0.4, 0.5) is 0 Å². The van der Waals surface area contributed by atoms with Crippen molar-refractivity contribution in [3.63, 3.8) is 0 Å². The van der Waals surface area contributed by atoms with Crippen LogP contribution in [-0.2, 0) is 11.3 Å². The molecule has 1 aliphatic carbocycles. The normalized spacial score (nSPS) is 13.5. The minimum absolute atomic E-state index is 0.0207. The highest BCUT2D eigenvalue weighted by molar-refractivity contribution is 7.99. The molecule has 4 rings (SSSR count). The van der Waals surface area contributed by atoms with Gasteiger partial charge in [0.2, 0.25) is 5.91 Å². The number of amides is 1. The molecule has 1 N–H and O–H groups in total. The number of hydrogen-bond acceptors (Lipinski definition) is 6. The lowest BCUT2D eigenvalue weighted by atomic mass is 10.2. The highest BCUT2D eigenvalue weighted by Crippen LogP contribution is 2.29. The summed E-state index contributed by atoms with van der Waals surface area (Å²) >= 11 is 1.38. The van der Waals surface area contributed by atoms with Crippen molar-refractivity contribution in [2.24, 2.45) is 5.92 Å². The molecule has 0 unspecified atom stereocenters. The van der Waals surface area contributed by atoms with E-state index in [0.717, 1.165) is 23.6 Å². The van der Waals surface area contributed by atoms with Gasteiger partial charge in [0.05, 0.1) is 25.7 Å². The van der Waals surface area contributed by atoms with Crippen LogP contribution in [0.2, 0.25) is 0 Å². The van der Waals surface area contributed by atoms with E-state index >= 15 is 0 Å². The lowest BCUT2D eigenvalue weighted by molar-refractivity contribution is -0.118. The molecule has 7 nitrogen and oxygen atoms in total. The second kappa shape index (κ2) is 8.52. The third-order valence-electron chi connectivity index (χ3n) is 4.56. The van der Waals surface area contributed by atoms with E-state index in [1.807, 2.05) is 41.0 Å². The first-order chi connectivity index (χ1) is 13.7. The van der Waals surface area contributed by atoms with Crippen molar-refractivity contribution in [2.75, 3.05) is 19.4 Å². The molecule has 0 atom stereocenters. The van der Waals surface area contributed by atoms with Gasteiger partial charge >= 0.3 is 0 Å². The molecule has 1 amide bonds. The number of nitrogens with one attached hydrogen (secondary N) is 1. The van der Waals surface area contributed by atoms with Gasteiger partial charge in [0.25, 0.3) is 0 Å². The first-order valence-corrected chi connectivity index (χ1v) is 10.2. The van der Waals surface area contributed by atoms with Crippen LogP contribution in [0.15, 0.2) is 52.2 Å². The van der Waals surface area contributed by atoms with E-state index in [0.29, 0.717) is 29.2 Å². The van der Waals surface area contributed by atoms with E-state index in [2.05, 4.69) is 15.5 Å². The summed E-state index contributed by atoms with van der Waals surface area (Å²) < 4.78 is 12.8. The van der Waals surface area contributed by atoms with Gasteiger partial charge in [0.15, 0.2) is 11.0 Å². The Kier molecular flexibility index (Phi) is 5.66. The topological polar surface area (TPSA) is 82.2 Å². The Morgan fingerprint density at radius 1 is 1.32 bits per heavy atom. The zero-order valence-corrected chi connectivity index (χ0v) is 16.4. The molecular weight excluding hydrogens is 376 g/mol. The fourth-order valence-corrected chi connectivity index (χ4v) is 3.60. The molecule has 28 heavy (non-hydrogen) atoms. The molecule has 2 aromatic heterocycles. The van der Waals surface area contributed by atoms with Crippen LogP contribution in [0.3, 0.4) is 0 Å². The maximum absolute atomic E-state index is 12.1. The molecule has 2 heterocycles. The van der Waals surface area contributed by atoms with Crippen LogP contribution >= 0.6 is 11.8 Å². The summed E-state index contributed by atoms with van der Waals surface area (Å²) in [5.74, 6) is 3.24. The van der Waals surface area contributed by atoms with Gasteiger partial charge in [-0.15, -0.1) is 10.2 Å². The second-order valence-electron chi connectivity index (χ2n) is 6.74. The highest BCUT2D eigenvalue weighted by Gasteiger charge is 2.22. The SMILES string of the molecule is COc1cccc(-c2nnc(SCC(=O)NCC3CC3)n2Cc2ccco2)c1. The Labute approximate surface area is 167 Å². The number of aromatic nitrogens is 3. The maximum Gasteiger partial charge on any atom is 0.230 e. The minimum atomic E-state index is 0.0207. The third kappa shape index (κ3) is 4.56. The molecule has 0 aliphatic heterocycles. The molecule has 0 saturated heterocycles. The number of ether oxygens (including phenoxy) is 1. The van der Waals surface area contributed by atoms with E-state index in [9.17, 15) is 4.79 Å². The molecule has 0 radical (unpaired) electrons. The van der Waals surface area contributed by atoms with Gasteiger partial charge in [0.1, 0.15) is 11.5 Å². The van der Waals surface area contributed by atoms with Crippen LogP contribution in [0.25, 0.3) is 11.4 Å². The van der Waals surface area contributed by atoms with Crippen molar-refractivity contribution >= 4 is 17.7 Å². The maximum atomic E-state index is 12.1. The van der Waals surface area contributed by atoms with Gasteiger partial charge in [-0.2, -0.15) is 0 Å². The summed E-state index contributed by atoms with van der Waals surface area (Å²) in [6.07, 6.45) is 4.08. The number of rotatable bonds is 9. The number of furan rings is 1. The van der Waals surface area contributed by atoms with Gasteiger partial charge in [-0.1, -0.05) is 23.9 Å². The quantitative estimate of drug-likeness (QED) is 0.558. The first-order valence-electron chi connectivity index (χ1n) is 9.22. The van der Waals surface area contributed by atoms with Crippen molar-refractivity contribution < 1.29 is 13.9 Å². The Hall–Kier alpha value is -2.74. The zero-order chi connectivity index (χ0) is 19.3. The van der Waals surface area contributed by atoms with E-state index in [4.69, 9.17) is 9.15 Å². The Bertz CT molecular complexity index is 935. The van der Waals surface area contributed by atoms with Gasteiger partial charge in [-0.3, -0.25) is 9.36 Å². The van der Waals surface area contributed by atoms with E-state index in [1.54, 1.807) is 13.4 Å². The summed E-state index contributed by atoms with van der Waals surface area (Å²) in [5.41, 5.74) is 0.892. The van der Waals surface area contributed by atoms with Crippen molar-refractivity contribution in [1.29, 1.82) is 0 Å². The minimum Gasteiger partial charge on any atom is -0.497 e. The Balaban J connectivity index is 1.54. The number of carbonyl (C=O) groups is 1. The van der Waals surface area contributed by atoms with Crippen LogP contribution in [0.1, 0.15) is 18.6 Å². The summed E-state index contributed by atoms with van der Waals surface area (Å²) in [7, 11) is 1.63. The Morgan fingerprint density at radius 3 is 2.96 bits per heavy atom. The molecule has 1 aromatic carbocycles. The second-order valence-corrected chi connectivity index (χ2v) is 7.68. The molecule has 1 fully saturated rings. The largest absolute Gasteiger partial charge is 0.497 e. The van der Waals surface area contributed by atoms with Crippen LogP contribution in [-0.4, -0.2) is 40.1 Å². The fourth-order valence-electron chi connectivity index (χ4n) is 2.83. The molecule has 0 spiro atoms. The summed E-state index contributed by atoms with van der Waals surface area (Å²) in [5, 5.41) is 12.3. The average Bonchev–Trinajstić information content (AvgIpc) is 3.25. The van der Waals surface area contributed by atoms with Crippen molar-refractivity contribution in [1.82, 2.24) is 20.1 Å². The summed E-state index contributed by atoms with van der Waals surface area (Å²) in [6.45, 7) is 1.26. The number of benzene rings is 1. The number of thioether (sulfide) groups is 1. The highest BCUT2D eigenvalue weighted by atomic mass is 32.2. The molecule has 1 saturated carbocycles. The molecule has 1 aliphatic rings. The third-order valence-corrected chi connectivity index (χ3v) is 5.52. The number of carbonyl (C=O) groups excluding carboxylic acids is 1. The smallest absolute Gasteiger partial charge is 0.230 e. The monoisotopic (exact) mass is 398 g/mol. The molecule has 8 heteroatoms. The predicted molar refractivity (Wildman–Crippen MR) is 106 cm³/mol. The first kappa shape index (κ1) is 18.6. The predicted octanol–water partition coefficient (Wildman–Crippen LogP) is 3.21. The van der Waals surface area contributed by atoms with Gasteiger partial charge in [-0.25, -0.2) is 0 Å². The zero-order valence-electron chi connectivity index (χ0n) is 15.6. The van der Waals surface area contributed by atoms with Gasteiger partial charge in [-0.05, 0) is 43.0 Å². The molecule has 3 aromatic rings. The number of hydrogen-bond donors (Lipinski definition) is 1. The number of methoxy groups -OCH3 is 1. The van der Waals surface area contributed by atoms with E-state index in [1.165, 1.54) is 24.6 Å². The average molecular weight is 398 g/mol. The summed E-state index contributed by atoms with van der Waals surface area (Å²) in [6, 6.07) is 11.4. The Morgan fingerprint density at radius 2 is 2.21 bits per heavy atom. The standard InChI is InChI=1S/C20H22N4O3S/c1-26-16-5-2-4-15(10-16)19-22-23-20(24(19)12-17-6-3-9-27-17)28-13-18(25)21-11-14-7-8-14/h2-6,9-10,14H,7-8,11-13H2,1H3,(H,21,25). The lowest BCUT2D eigenvalue weighted by Crippen LogP contribution is -2.27.